The normalized spacial score (nSPS) is 13.5. The molecule has 0 saturated heterocycles. The first-order chi connectivity index (χ1) is 16.6. The molecule has 0 aliphatic carbocycles. The number of ether oxygens (including phenoxy) is 1. The highest BCUT2D eigenvalue weighted by atomic mass is 28.4. The zero-order valence-electron chi connectivity index (χ0n) is 20.6. The van der Waals surface area contributed by atoms with Gasteiger partial charge in [0.2, 0.25) is 0 Å². The molecule has 0 spiro atoms. The van der Waals surface area contributed by atoms with Gasteiger partial charge in [-0.2, -0.15) is 0 Å². The van der Waals surface area contributed by atoms with Crippen molar-refractivity contribution in [2.45, 2.75) is 51.5 Å². The lowest BCUT2D eigenvalue weighted by molar-refractivity contribution is -0.141. The molecule has 35 heavy (non-hydrogen) atoms. The molecular formula is C28H33NO5Si. The fourth-order valence-corrected chi connectivity index (χ4v) is 9.02. The summed E-state index contributed by atoms with van der Waals surface area (Å²) < 4.78 is 12.1. The highest BCUT2D eigenvalue weighted by molar-refractivity contribution is 6.99. The molecule has 0 radical (unpaired) electrons. The van der Waals surface area contributed by atoms with Crippen molar-refractivity contribution in [1.82, 2.24) is 5.32 Å². The van der Waals surface area contributed by atoms with E-state index < -0.39 is 32.5 Å². The van der Waals surface area contributed by atoms with Gasteiger partial charge in [0.15, 0.2) is 6.04 Å². The third-order valence-corrected chi connectivity index (χ3v) is 11.1. The van der Waals surface area contributed by atoms with E-state index in [4.69, 9.17) is 9.16 Å². The molecule has 0 aliphatic heterocycles. The largest absolute Gasteiger partial charge is 0.480 e. The zero-order valence-corrected chi connectivity index (χ0v) is 21.6. The maximum Gasteiger partial charge on any atom is 0.408 e. The van der Waals surface area contributed by atoms with Crippen molar-refractivity contribution in [2.24, 2.45) is 0 Å². The summed E-state index contributed by atoms with van der Waals surface area (Å²) in [6.45, 7) is 8.08. The summed E-state index contributed by atoms with van der Waals surface area (Å²) in [5, 5.41) is 14.2. The van der Waals surface area contributed by atoms with Crippen LogP contribution < -0.4 is 15.7 Å². The molecule has 3 aromatic carbocycles. The van der Waals surface area contributed by atoms with Crippen LogP contribution in [0.15, 0.2) is 91.0 Å². The quantitative estimate of drug-likeness (QED) is 0.435. The molecule has 0 aromatic heterocycles. The zero-order chi connectivity index (χ0) is 25.5. The summed E-state index contributed by atoms with van der Waals surface area (Å²) in [7, 11) is -3.00. The Labute approximate surface area is 208 Å². The van der Waals surface area contributed by atoms with Crippen LogP contribution in [0.25, 0.3) is 0 Å². The number of nitrogens with one attached hydrogen (secondary N) is 1. The molecule has 0 aliphatic rings. The van der Waals surface area contributed by atoms with Crippen LogP contribution in [0.4, 0.5) is 4.79 Å². The Morgan fingerprint density at radius 3 is 1.74 bits per heavy atom. The van der Waals surface area contributed by atoms with Gasteiger partial charge in [-0.1, -0.05) is 112 Å². The van der Waals surface area contributed by atoms with Gasteiger partial charge in [0.1, 0.15) is 6.61 Å². The average molecular weight is 492 g/mol. The minimum absolute atomic E-state index is 0.0446. The van der Waals surface area contributed by atoms with E-state index in [0.29, 0.717) is 0 Å². The molecule has 0 saturated carbocycles. The summed E-state index contributed by atoms with van der Waals surface area (Å²) in [6, 6.07) is 27.8. The lowest BCUT2D eigenvalue weighted by Gasteiger charge is -2.45. The molecule has 3 rings (SSSR count). The van der Waals surface area contributed by atoms with Gasteiger partial charge in [-0.05, 0) is 27.9 Å². The van der Waals surface area contributed by atoms with Crippen LogP contribution in [0.5, 0.6) is 0 Å². The van der Waals surface area contributed by atoms with Gasteiger partial charge in [-0.15, -0.1) is 0 Å². The van der Waals surface area contributed by atoms with E-state index in [1.54, 1.807) is 6.92 Å². The van der Waals surface area contributed by atoms with E-state index in [-0.39, 0.29) is 11.6 Å². The number of hydrogen-bond acceptors (Lipinski definition) is 4. The maximum atomic E-state index is 12.5. The van der Waals surface area contributed by atoms with Gasteiger partial charge in [0.05, 0.1) is 6.10 Å². The minimum Gasteiger partial charge on any atom is -0.480 e. The van der Waals surface area contributed by atoms with Gasteiger partial charge in [0, 0.05) is 0 Å². The Morgan fingerprint density at radius 1 is 0.857 bits per heavy atom. The van der Waals surface area contributed by atoms with E-state index in [2.05, 4.69) is 26.1 Å². The van der Waals surface area contributed by atoms with Crippen LogP contribution >= 0.6 is 0 Å². The summed E-state index contributed by atoms with van der Waals surface area (Å²) in [5.41, 5.74) is 0.811. The Bertz CT molecular complexity index is 1060. The second kappa shape index (κ2) is 11.3. The molecule has 184 valence electrons. The minimum atomic E-state index is -3.00. The number of aliphatic carboxylic acids is 1. The smallest absolute Gasteiger partial charge is 0.408 e. The van der Waals surface area contributed by atoms with Crippen LogP contribution in [0.1, 0.15) is 33.3 Å². The van der Waals surface area contributed by atoms with E-state index in [1.807, 2.05) is 91.0 Å². The number of alkyl carbamates (subject to hydrolysis) is 1. The van der Waals surface area contributed by atoms with E-state index in [9.17, 15) is 14.7 Å². The molecule has 0 heterocycles. The average Bonchev–Trinajstić information content (AvgIpc) is 2.85. The number of benzene rings is 3. The second-order valence-electron chi connectivity index (χ2n) is 9.51. The van der Waals surface area contributed by atoms with Crippen molar-refractivity contribution in [2.75, 3.05) is 0 Å². The number of carbonyl (C=O) groups excluding carboxylic acids is 1. The molecule has 3 aromatic rings. The predicted molar refractivity (Wildman–Crippen MR) is 139 cm³/mol. The number of amides is 1. The van der Waals surface area contributed by atoms with Crippen LogP contribution in [-0.2, 0) is 20.6 Å². The summed E-state index contributed by atoms with van der Waals surface area (Å²) >= 11 is 0. The second-order valence-corrected chi connectivity index (χ2v) is 13.8. The van der Waals surface area contributed by atoms with Gasteiger partial charge in [-0.25, -0.2) is 9.59 Å². The first kappa shape index (κ1) is 26.2. The van der Waals surface area contributed by atoms with Crippen LogP contribution in [0, 0.1) is 0 Å². The third kappa shape index (κ3) is 6.18. The summed E-state index contributed by atoms with van der Waals surface area (Å²) in [5.74, 6) is -1.19. The standard InChI is InChI=1S/C28H33NO5Si/c1-21(25(26(30)31)29-27(32)33-20-22-14-8-5-9-15-22)34-35(28(2,3)4,23-16-10-6-11-17-23)24-18-12-7-13-19-24/h5-19,21,25H,20H2,1-4H3,(H,29,32)(H,30,31)/t21?,25-/m0/s1. The summed E-state index contributed by atoms with van der Waals surface area (Å²) in [6.07, 6.45) is -1.64. The Kier molecular flexibility index (Phi) is 8.48. The van der Waals surface area contributed by atoms with Gasteiger partial charge < -0.3 is 19.6 Å². The Balaban J connectivity index is 1.90. The van der Waals surface area contributed by atoms with Crippen LogP contribution in [-0.4, -0.2) is 37.6 Å². The number of hydrogen-bond donors (Lipinski definition) is 2. The van der Waals surface area contributed by atoms with Crippen molar-refractivity contribution in [1.29, 1.82) is 0 Å². The summed E-state index contributed by atoms with van der Waals surface area (Å²) in [4.78, 5) is 24.7. The van der Waals surface area contributed by atoms with Gasteiger partial charge >= 0.3 is 12.1 Å². The SMILES string of the molecule is CC(O[Si](c1ccccc1)(c1ccccc1)C(C)(C)C)[C@H](NC(=O)OCc1ccccc1)C(=O)O. The third-order valence-electron chi connectivity index (χ3n) is 6.00. The van der Waals surface area contributed by atoms with E-state index in [1.165, 1.54) is 0 Å². The molecule has 2 atom stereocenters. The van der Waals surface area contributed by atoms with Gasteiger partial charge in [-0.3, -0.25) is 0 Å². The number of carbonyl (C=O) groups is 2. The van der Waals surface area contributed by atoms with E-state index in [0.717, 1.165) is 15.9 Å². The topological polar surface area (TPSA) is 84.9 Å². The van der Waals surface area contributed by atoms with Crippen LogP contribution in [0.2, 0.25) is 5.04 Å². The van der Waals surface area contributed by atoms with Crippen molar-refractivity contribution >= 4 is 30.8 Å². The van der Waals surface area contributed by atoms with Crippen molar-refractivity contribution < 1.29 is 23.9 Å². The molecular weight excluding hydrogens is 458 g/mol. The monoisotopic (exact) mass is 491 g/mol. The highest BCUT2D eigenvalue weighted by Crippen LogP contribution is 2.37. The molecule has 1 unspecified atom stereocenters. The van der Waals surface area contributed by atoms with Crippen molar-refractivity contribution in [3.05, 3.63) is 96.6 Å². The Morgan fingerprint density at radius 2 is 1.31 bits per heavy atom. The number of carboxylic acids is 1. The molecule has 0 fully saturated rings. The lowest BCUT2D eigenvalue weighted by atomic mass is 10.2. The number of carboxylic acid groups (broad SMARTS) is 1. The van der Waals surface area contributed by atoms with E-state index >= 15 is 0 Å². The molecule has 6 nitrogen and oxygen atoms in total. The van der Waals surface area contributed by atoms with Crippen molar-refractivity contribution in [3.8, 4) is 0 Å². The molecule has 7 heteroatoms. The number of rotatable bonds is 9. The maximum absolute atomic E-state index is 12.5. The fraction of sp³-hybridized carbons (Fsp3) is 0.286. The first-order valence-electron chi connectivity index (χ1n) is 11.6. The molecule has 1 amide bonds. The Hall–Kier alpha value is -3.42. The van der Waals surface area contributed by atoms with Crippen molar-refractivity contribution in [3.63, 3.8) is 0 Å². The van der Waals surface area contributed by atoms with Crippen LogP contribution in [0.3, 0.4) is 0 Å². The molecule has 0 bridgehead atoms. The fourth-order valence-electron chi connectivity index (χ4n) is 4.31. The predicted octanol–water partition coefficient (Wildman–Crippen LogP) is 4.33. The lowest BCUT2D eigenvalue weighted by Crippen LogP contribution is -2.69. The molecule has 2 N–H and O–H groups in total. The first-order valence-corrected chi connectivity index (χ1v) is 13.5. The highest BCUT2D eigenvalue weighted by Gasteiger charge is 2.52. The van der Waals surface area contributed by atoms with Gasteiger partial charge in [0.25, 0.3) is 8.32 Å².